The van der Waals surface area contributed by atoms with Crippen LogP contribution in [0, 0.1) is 0 Å². The molecule has 0 bridgehead atoms. The maximum absolute atomic E-state index is 10.6. The maximum atomic E-state index is 10.6. The second-order valence-corrected chi connectivity index (χ2v) is 4.28. The zero-order chi connectivity index (χ0) is 9.61. The summed E-state index contributed by atoms with van der Waals surface area (Å²) in [6.07, 6.45) is 1.09. The van der Waals surface area contributed by atoms with Gasteiger partial charge in [0.05, 0.1) is 15.4 Å². The number of hydrogen-bond donors (Lipinski definition) is 2. The van der Waals surface area contributed by atoms with E-state index in [2.05, 4.69) is 0 Å². The van der Waals surface area contributed by atoms with Gasteiger partial charge in [-0.1, -0.05) is 0 Å². The molecule has 74 valence electrons. The predicted molar refractivity (Wildman–Crippen MR) is 45.4 cm³/mol. The second-order valence-electron chi connectivity index (χ2n) is 2.62. The van der Waals surface area contributed by atoms with E-state index in [1.165, 1.54) is 0 Å². The molecule has 0 saturated heterocycles. The third kappa shape index (κ3) is 8.46. The van der Waals surface area contributed by atoms with Crippen molar-refractivity contribution in [1.82, 2.24) is 0 Å². The second kappa shape index (κ2) is 8.75. The molecule has 1 atom stereocenters. The van der Waals surface area contributed by atoms with Gasteiger partial charge >= 0.3 is 51.4 Å². The van der Waals surface area contributed by atoms with E-state index in [-0.39, 0.29) is 64.4 Å². The van der Waals surface area contributed by atoms with Crippen molar-refractivity contribution < 1.29 is 64.4 Å². The Kier molecular flexibility index (Phi) is 11.4. The number of rotatable bonds is 6. The first-order valence-electron chi connectivity index (χ1n) is 3.87. The van der Waals surface area contributed by atoms with Crippen LogP contribution in [0.1, 0.15) is 19.3 Å². The van der Waals surface area contributed by atoms with E-state index >= 15 is 0 Å². The van der Waals surface area contributed by atoms with Gasteiger partial charge in [0.1, 0.15) is 0 Å². The van der Waals surface area contributed by atoms with Crippen LogP contribution in [0.15, 0.2) is 0 Å². The standard InChI is InChI=1S/C6H16N2O3S.K/c7-4-1-2-6(3-5-8)12(9,10)11;/h6H,1-5,7-8H2,(H,9,10,11);/q;+1/p-1. The molecule has 0 amide bonds. The molecule has 0 heterocycles. The molecule has 0 aromatic carbocycles. The molecule has 5 nitrogen and oxygen atoms in total. The van der Waals surface area contributed by atoms with Crippen LogP contribution in [0.25, 0.3) is 0 Å². The molecule has 0 radical (unpaired) electrons. The third-order valence-corrected chi connectivity index (χ3v) is 2.92. The van der Waals surface area contributed by atoms with Gasteiger partial charge < -0.3 is 16.0 Å². The summed E-state index contributed by atoms with van der Waals surface area (Å²) in [5, 5.41) is -0.856. The van der Waals surface area contributed by atoms with Crippen LogP contribution >= 0.6 is 0 Å². The van der Waals surface area contributed by atoms with Crippen LogP contribution in [0.2, 0.25) is 0 Å². The van der Waals surface area contributed by atoms with Crippen molar-refractivity contribution in [3.8, 4) is 0 Å². The molecule has 0 aliphatic rings. The van der Waals surface area contributed by atoms with E-state index in [9.17, 15) is 13.0 Å². The third-order valence-electron chi connectivity index (χ3n) is 1.63. The molecule has 4 N–H and O–H groups in total. The first-order chi connectivity index (χ1) is 5.52. The van der Waals surface area contributed by atoms with Crippen molar-refractivity contribution in [3.05, 3.63) is 0 Å². The summed E-state index contributed by atoms with van der Waals surface area (Å²) in [7, 11) is -4.18. The van der Waals surface area contributed by atoms with Crippen LogP contribution in [0.5, 0.6) is 0 Å². The fourth-order valence-corrected chi connectivity index (χ4v) is 1.84. The Labute approximate surface area is 122 Å². The van der Waals surface area contributed by atoms with Crippen LogP contribution in [0.4, 0.5) is 0 Å². The summed E-state index contributed by atoms with van der Waals surface area (Å²) in [5.41, 5.74) is 10.4. The summed E-state index contributed by atoms with van der Waals surface area (Å²) >= 11 is 0. The normalized spacial score (nSPS) is 13.5. The van der Waals surface area contributed by atoms with Crippen LogP contribution in [-0.4, -0.2) is 31.3 Å². The molecule has 1 unspecified atom stereocenters. The van der Waals surface area contributed by atoms with Gasteiger partial charge in [-0.05, 0) is 32.4 Å². The largest absolute Gasteiger partial charge is 1.00 e. The van der Waals surface area contributed by atoms with Gasteiger partial charge in [-0.15, -0.1) is 0 Å². The van der Waals surface area contributed by atoms with Gasteiger partial charge in [-0.25, -0.2) is 8.42 Å². The smallest absolute Gasteiger partial charge is 0.748 e. The summed E-state index contributed by atoms with van der Waals surface area (Å²) in [4.78, 5) is 0. The molecule has 0 aromatic heterocycles. The van der Waals surface area contributed by atoms with Crippen LogP contribution < -0.4 is 62.9 Å². The van der Waals surface area contributed by atoms with Crippen molar-refractivity contribution in [1.29, 1.82) is 0 Å². The molecule has 0 spiro atoms. The fourth-order valence-electron chi connectivity index (χ4n) is 0.964. The van der Waals surface area contributed by atoms with Gasteiger partial charge in [-0.2, -0.15) is 0 Å². The Bertz CT molecular complexity index is 208. The van der Waals surface area contributed by atoms with Crippen molar-refractivity contribution in [2.45, 2.75) is 24.5 Å². The molecular formula is C6H15KN2O3S. The summed E-state index contributed by atoms with van der Waals surface area (Å²) in [6, 6.07) is 0. The predicted octanol–water partition coefficient (Wildman–Crippen LogP) is -4.01. The van der Waals surface area contributed by atoms with Gasteiger partial charge in [0.2, 0.25) is 0 Å². The molecular weight excluding hydrogens is 219 g/mol. The molecule has 0 saturated carbocycles. The van der Waals surface area contributed by atoms with Gasteiger partial charge in [0.15, 0.2) is 0 Å². The zero-order valence-electron chi connectivity index (χ0n) is 7.90. The van der Waals surface area contributed by atoms with Crippen molar-refractivity contribution in [3.63, 3.8) is 0 Å². The van der Waals surface area contributed by atoms with E-state index in [0.29, 0.717) is 19.4 Å². The number of nitrogens with two attached hydrogens (primary N) is 2. The Morgan fingerprint density at radius 3 is 2.00 bits per heavy atom. The topological polar surface area (TPSA) is 109 Å². The molecule has 0 aliphatic carbocycles. The van der Waals surface area contributed by atoms with Gasteiger partial charge in [0, 0.05) is 0 Å². The minimum Gasteiger partial charge on any atom is -0.748 e. The first kappa shape index (κ1) is 16.9. The van der Waals surface area contributed by atoms with Gasteiger partial charge in [0.25, 0.3) is 0 Å². The average Bonchev–Trinajstić information content (AvgIpc) is 1.95. The van der Waals surface area contributed by atoms with Gasteiger partial charge in [-0.3, -0.25) is 0 Å². The summed E-state index contributed by atoms with van der Waals surface area (Å²) in [6.45, 7) is 0.618. The Balaban J connectivity index is 0. The quantitative estimate of drug-likeness (QED) is 0.359. The van der Waals surface area contributed by atoms with E-state index < -0.39 is 15.4 Å². The minimum absolute atomic E-state index is 0. The number of hydrogen-bond acceptors (Lipinski definition) is 5. The van der Waals surface area contributed by atoms with Crippen molar-refractivity contribution in [2.24, 2.45) is 11.5 Å². The van der Waals surface area contributed by atoms with Crippen molar-refractivity contribution >= 4 is 10.1 Å². The Hall–Kier alpha value is 1.47. The maximum Gasteiger partial charge on any atom is 1.00 e. The average molecular weight is 234 g/mol. The molecule has 7 heteroatoms. The Morgan fingerprint density at radius 2 is 1.69 bits per heavy atom. The molecule has 0 rings (SSSR count). The van der Waals surface area contributed by atoms with E-state index in [1.54, 1.807) is 0 Å². The van der Waals surface area contributed by atoms with E-state index in [1.807, 2.05) is 0 Å². The first-order valence-corrected chi connectivity index (χ1v) is 5.34. The summed E-state index contributed by atoms with van der Waals surface area (Å²) in [5.74, 6) is 0. The molecule has 0 aromatic rings. The van der Waals surface area contributed by atoms with E-state index in [0.717, 1.165) is 0 Å². The minimum atomic E-state index is -4.18. The van der Waals surface area contributed by atoms with Crippen LogP contribution in [0.3, 0.4) is 0 Å². The summed E-state index contributed by atoms with van der Waals surface area (Å²) < 4.78 is 31.7. The zero-order valence-corrected chi connectivity index (χ0v) is 11.8. The fraction of sp³-hybridized carbons (Fsp3) is 1.00. The monoisotopic (exact) mass is 234 g/mol. The molecule has 13 heavy (non-hydrogen) atoms. The molecule has 0 aliphatic heterocycles. The van der Waals surface area contributed by atoms with Crippen molar-refractivity contribution in [2.75, 3.05) is 13.1 Å². The SMILES string of the molecule is NCCCC(CCN)S(=O)(=O)[O-].[K+]. The molecule has 0 fully saturated rings. The van der Waals surface area contributed by atoms with E-state index in [4.69, 9.17) is 11.5 Å². The van der Waals surface area contributed by atoms with Crippen LogP contribution in [-0.2, 0) is 10.1 Å². The Morgan fingerprint density at radius 1 is 1.15 bits per heavy atom.